The number of rotatable bonds is 3. The van der Waals surface area contributed by atoms with Gasteiger partial charge in [-0.3, -0.25) is 0 Å². The van der Waals surface area contributed by atoms with Crippen LogP contribution in [-0.4, -0.2) is 25.7 Å². The Morgan fingerprint density at radius 1 is 1.24 bits per heavy atom. The molecule has 0 spiro atoms. The van der Waals surface area contributed by atoms with Crippen molar-refractivity contribution in [2.24, 2.45) is 0 Å². The lowest BCUT2D eigenvalue weighted by atomic mass is 10.0. The number of nitrogens with one attached hydrogen (secondary N) is 2. The molecule has 1 saturated heterocycles. The second-order valence-corrected chi connectivity index (χ2v) is 4.95. The molecule has 3 heteroatoms. The molecule has 0 bridgehead atoms. The number of ether oxygens (including phenoxy) is 1. The fraction of sp³-hybridized carbons (Fsp3) is 0.571. The minimum atomic E-state index is 0.546. The average Bonchev–Trinajstić information content (AvgIpc) is 2.89. The van der Waals surface area contributed by atoms with E-state index in [1.807, 2.05) is 0 Å². The summed E-state index contributed by atoms with van der Waals surface area (Å²) in [5.74, 6) is 1.01. The van der Waals surface area contributed by atoms with Gasteiger partial charge in [-0.25, -0.2) is 0 Å². The molecule has 17 heavy (non-hydrogen) atoms. The summed E-state index contributed by atoms with van der Waals surface area (Å²) in [6.45, 7) is 3.04. The molecule has 92 valence electrons. The highest BCUT2D eigenvalue weighted by molar-refractivity contribution is 5.55. The van der Waals surface area contributed by atoms with Gasteiger partial charge >= 0.3 is 0 Å². The van der Waals surface area contributed by atoms with Gasteiger partial charge in [0.15, 0.2) is 0 Å². The molecule has 0 amide bonds. The molecule has 0 radical (unpaired) electrons. The van der Waals surface area contributed by atoms with Gasteiger partial charge in [0.2, 0.25) is 0 Å². The number of benzene rings is 1. The molecule has 3 nitrogen and oxygen atoms in total. The molecule has 1 atom stereocenters. The molecule has 2 aliphatic heterocycles. The lowest BCUT2D eigenvalue weighted by molar-refractivity contribution is 0.277. The van der Waals surface area contributed by atoms with Gasteiger partial charge in [-0.15, -0.1) is 0 Å². The Kier molecular flexibility index (Phi) is 3.18. The van der Waals surface area contributed by atoms with Gasteiger partial charge in [0.25, 0.3) is 0 Å². The summed E-state index contributed by atoms with van der Waals surface area (Å²) in [6, 6.07) is 6.96. The zero-order chi connectivity index (χ0) is 11.5. The predicted molar refractivity (Wildman–Crippen MR) is 69.8 cm³/mol. The van der Waals surface area contributed by atoms with E-state index in [0.717, 1.165) is 25.4 Å². The Morgan fingerprint density at radius 3 is 3.12 bits per heavy atom. The van der Waals surface area contributed by atoms with Crippen LogP contribution in [0, 0.1) is 0 Å². The number of hydrogen-bond acceptors (Lipinski definition) is 3. The Hall–Kier alpha value is -1.22. The Labute approximate surface area is 103 Å². The molecule has 2 heterocycles. The molecular weight excluding hydrogens is 212 g/mol. The molecule has 2 N–H and O–H groups in total. The molecule has 1 aromatic rings. The second kappa shape index (κ2) is 4.96. The van der Waals surface area contributed by atoms with Crippen LogP contribution in [0.5, 0.6) is 5.75 Å². The first kappa shape index (κ1) is 10.9. The van der Waals surface area contributed by atoms with Crippen molar-refractivity contribution in [3.63, 3.8) is 0 Å². The third kappa shape index (κ3) is 2.55. The van der Waals surface area contributed by atoms with E-state index in [-0.39, 0.29) is 0 Å². The number of anilines is 1. The van der Waals surface area contributed by atoms with Crippen LogP contribution in [-0.2, 0) is 6.42 Å². The Bertz CT molecular complexity index is 386. The van der Waals surface area contributed by atoms with E-state index < -0.39 is 0 Å². The molecule has 0 aromatic heterocycles. The van der Waals surface area contributed by atoms with Crippen molar-refractivity contribution in [3.8, 4) is 5.75 Å². The molecule has 0 aliphatic carbocycles. The monoisotopic (exact) mass is 232 g/mol. The summed E-state index contributed by atoms with van der Waals surface area (Å²) >= 11 is 0. The van der Waals surface area contributed by atoms with Gasteiger partial charge in [-0.1, -0.05) is 0 Å². The van der Waals surface area contributed by atoms with Crippen LogP contribution in [0.3, 0.4) is 0 Å². The van der Waals surface area contributed by atoms with E-state index in [0.29, 0.717) is 6.04 Å². The van der Waals surface area contributed by atoms with E-state index in [1.165, 1.54) is 36.9 Å². The fourth-order valence-corrected chi connectivity index (χ4v) is 2.64. The molecule has 2 aliphatic rings. The van der Waals surface area contributed by atoms with Crippen molar-refractivity contribution in [1.82, 2.24) is 5.32 Å². The summed E-state index contributed by atoms with van der Waals surface area (Å²) in [4.78, 5) is 0. The van der Waals surface area contributed by atoms with Crippen molar-refractivity contribution in [2.45, 2.75) is 31.7 Å². The SMILES string of the molecule is c1cc2c(cc1OCC1CCCN1)CCCN2. The largest absolute Gasteiger partial charge is 0.492 e. The summed E-state index contributed by atoms with van der Waals surface area (Å²) in [6.07, 6.45) is 4.91. The Morgan fingerprint density at radius 2 is 2.24 bits per heavy atom. The van der Waals surface area contributed by atoms with Crippen LogP contribution in [0.4, 0.5) is 5.69 Å². The van der Waals surface area contributed by atoms with Gasteiger partial charge in [-0.05, 0) is 56.0 Å². The van der Waals surface area contributed by atoms with Crippen LogP contribution >= 0.6 is 0 Å². The highest BCUT2D eigenvalue weighted by Crippen LogP contribution is 2.26. The minimum Gasteiger partial charge on any atom is -0.492 e. The van der Waals surface area contributed by atoms with E-state index >= 15 is 0 Å². The molecule has 1 unspecified atom stereocenters. The summed E-state index contributed by atoms with van der Waals surface area (Å²) in [7, 11) is 0. The second-order valence-electron chi connectivity index (χ2n) is 4.95. The number of fused-ring (bicyclic) bond motifs is 1. The highest BCUT2D eigenvalue weighted by atomic mass is 16.5. The van der Waals surface area contributed by atoms with Crippen molar-refractivity contribution in [3.05, 3.63) is 23.8 Å². The zero-order valence-electron chi connectivity index (χ0n) is 10.2. The third-order valence-corrected chi connectivity index (χ3v) is 3.63. The molecule has 3 rings (SSSR count). The number of hydrogen-bond donors (Lipinski definition) is 2. The maximum absolute atomic E-state index is 5.87. The van der Waals surface area contributed by atoms with E-state index in [1.54, 1.807) is 0 Å². The lowest BCUT2D eigenvalue weighted by Gasteiger charge is -2.19. The van der Waals surface area contributed by atoms with E-state index in [9.17, 15) is 0 Å². The quantitative estimate of drug-likeness (QED) is 0.838. The maximum atomic E-state index is 5.87. The van der Waals surface area contributed by atoms with Crippen molar-refractivity contribution in [2.75, 3.05) is 25.0 Å². The van der Waals surface area contributed by atoms with Crippen molar-refractivity contribution in [1.29, 1.82) is 0 Å². The van der Waals surface area contributed by atoms with Gasteiger partial charge in [0.05, 0.1) is 0 Å². The van der Waals surface area contributed by atoms with Crippen LogP contribution in [0.2, 0.25) is 0 Å². The highest BCUT2D eigenvalue weighted by Gasteiger charge is 2.15. The third-order valence-electron chi connectivity index (χ3n) is 3.63. The molecule has 1 fully saturated rings. The summed E-state index contributed by atoms with van der Waals surface area (Å²) < 4.78 is 5.87. The molecular formula is C14H20N2O. The van der Waals surface area contributed by atoms with Crippen LogP contribution in [0.25, 0.3) is 0 Å². The first-order valence-electron chi connectivity index (χ1n) is 6.65. The Balaban J connectivity index is 1.62. The standard InChI is InChI=1S/C14H20N2O/c1-3-11-9-13(5-6-14(11)16-8-1)17-10-12-4-2-7-15-12/h5-6,9,12,15-16H,1-4,7-8,10H2. The maximum Gasteiger partial charge on any atom is 0.119 e. The van der Waals surface area contributed by atoms with E-state index in [4.69, 9.17) is 4.74 Å². The predicted octanol–water partition coefficient (Wildman–Crippen LogP) is 2.18. The fourth-order valence-electron chi connectivity index (χ4n) is 2.64. The first-order valence-corrected chi connectivity index (χ1v) is 6.65. The lowest BCUT2D eigenvalue weighted by Crippen LogP contribution is -2.28. The molecule has 1 aromatic carbocycles. The first-order chi connectivity index (χ1) is 8.42. The van der Waals surface area contributed by atoms with Gasteiger partial charge in [0, 0.05) is 18.3 Å². The van der Waals surface area contributed by atoms with Gasteiger partial charge in [0.1, 0.15) is 12.4 Å². The normalized spacial score (nSPS) is 22.9. The smallest absolute Gasteiger partial charge is 0.119 e. The van der Waals surface area contributed by atoms with Crippen LogP contribution in [0.1, 0.15) is 24.8 Å². The minimum absolute atomic E-state index is 0.546. The average molecular weight is 232 g/mol. The van der Waals surface area contributed by atoms with Crippen molar-refractivity contribution < 1.29 is 4.74 Å². The van der Waals surface area contributed by atoms with Crippen molar-refractivity contribution >= 4 is 5.69 Å². The van der Waals surface area contributed by atoms with E-state index in [2.05, 4.69) is 28.8 Å². The summed E-state index contributed by atoms with van der Waals surface area (Å²) in [5.41, 5.74) is 2.68. The summed E-state index contributed by atoms with van der Waals surface area (Å²) in [5, 5.41) is 6.87. The van der Waals surface area contributed by atoms with Crippen LogP contribution in [0.15, 0.2) is 18.2 Å². The topological polar surface area (TPSA) is 33.3 Å². The molecule has 0 saturated carbocycles. The number of aryl methyl sites for hydroxylation is 1. The van der Waals surface area contributed by atoms with Gasteiger partial charge in [-0.2, -0.15) is 0 Å². The van der Waals surface area contributed by atoms with Crippen LogP contribution < -0.4 is 15.4 Å². The zero-order valence-corrected chi connectivity index (χ0v) is 10.2. The van der Waals surface area contributed by atoms with Gasteiger partial charge < -0.3 is 15.4 Å².